The van der Waals surface area contributed by atoms with Crippen molar-refractivity contribution in [3.8, 4) is 0 Å². The Morgan fingerprint density at radius 1 is 1.24 bits per heavy atom. The predicted octanol–water partition coefficient (Wildman–Crippen LogP) is 3.91. The molecule has 0 saturated carbocycles. The highest BCUT2D eigenvalue weighted by molar-refractivity contribution is 6.31. The van der Waals surface area contributed by atoms with Crippen LogP contribution in [0.3, 0.4) is 0 Å². The van der Waals surface area contributed by atoms with Crippen molar-refractivity contribution in [2.45, 2.75) is 13.5 Å². The Morgan fingerprint density at radius 3 is 2.62 bits per heavy atom. The van der Waals surface area contributed by atoms with E-state index in [1.807, 2.05) is 0 Å². The van der Waals surface area contributed by atoms with Gasteiger partial charge in [-0.25, -0.2) is 4.79 Å². The molecule has 0 unspecified atom stereocenters. The van der Waals surface area contributed by atoms with E-state index in [1.165, 1.54) is 6.07 Å². The lowest BCUT2D eigenvalue weighted by atomic mass is 10.1. The van der Waals surface area contributed by atoms with E-state index < -0.39 is 10.9 Å². The molecule has 2 aromatic carbocycles. The number of ether oxygens (including phenoxy) is 1. The first-order chi connectivity index (χ1) is 10.0. The van der Waals surface area contributed by atoms with Crippen molar-refractivity contribution in [1.82, 2.24) is 0 Å². The van der Waals surface area contributed by atoms with Crippen LogP contribution in [0.2, 0.25) is 5.02 Å². The second kappa shape index (κ2) is 6.37. The lowest BCUT2D eigenvalue weighted by molar-refractivity contribution is -0.385. The first kappa shape index (κ1) is 15.0. The molecule has 0 aliphatic rings. The van der Waals surface area contributed by atoms with E-state index in [-0.39, 0.29) is 17.9 Å². The van der Waals surface area contributed by atoms with E-state index in [2.05, 4.69) is 0 Å². The number of halogens is 1. The summed E-state index contributed by atoms with van der Waals surface area (Å²) in [6, 6.07) is 11.5. The third-order valence-electron chi connectivity index (χ3n) is 2.96. The molecule has 0 bridgehead atoms. The first-order valence-corrected chi connectivity index (χ1v) is 6.53. The zero-order valence-electron chi connectivity index (χ0n) is 11.2. The maximum atomic E-state index is 12.0. The third-order valence-corrected chi connectivity index (χ3v) is 3.33. The Bertz CT molecular complexity index is 700. The van der Waals surface area contributed by atoms with Crippen LogP contribution >= 0.6 is 11.6 Å². The minimum absolute atomic E-state index is 0.0381. The maximum absolute atomic E-state index is 12.0. The van der Waals surface area contributed by atoms with Crippen molar-refractivity contribution < 1.29 is 14.5 Å². The molecule has 2 aromatic rings. The number of carbonyl (C=O) groups excluding carboxylic acids is 1. The number of aryl methyl sites for hydroxylation is 1. The molecule has 108 valence electrons. The van der Waals surface area contributed by atoms with Crippen molar-refractivity contribution in [3.05, 3.63) is 74.3 Å². The number of benzene rings is 2. The molecule has 0 spiro atoms. The van der Waals surface area contributed by atoms with E-state index in [0.717, 1.165) is 0 Å². The Balaban J connectivity index is 2.20. The number of hydrogen-bond acceptors (Lipinski definition) is 4. The second-order valence-corrected chi connectivity index (χ2v) is 4.80. The van der Waals surface area contributed by atoms with E-state index in [4.69, 9.17) is 16.3 Å². The van der Waals surface area contributed by atoms with E-state index >= 15 is 0 Å². The molecule has 6 heteroatoms. The van der Waals surface area contributed by atoms with Gasteiger partial charge in [0.1, 0.15) is 12.2 Å². The summed E-state index contributed by atoms with van der Waals surface area (Å²) in [4.78, 5) is 22.5. The summed E-state index contributed by atoms with van der Waals surface area (Å²) < 4.78 is 5.11. The lowest BCUT2D eigenvalue weighted by Gasteiger charge is -2.07. The monoisotopic (exact) mass is 305 g/mol. The van der Waals surface area contributed by atoms with E-state index in [1.54, 1.807) is 43.3 Å². The van der Waals surface area contributed by atoms with Crippen LogP contribution in [0.4, 0.5) is 5.69 Å². The molecule has 0 radical (unpaired) electrons. The maximum Gasteiger partial charge on any atom is 0.345 e. The number of nitro groups is 1. The summed E-state index contributed by atoms with van der Waals surface area (Å²) in [6.07, 6.45) is 0. The standard InChI is InChI=1S/C15H12ClNO4/c1-10-5-4-7-12(14(10)17(19)20)15(18)21-9-11-6-2-3-8-13(11)16/h2-8H,9H2,1H3. The largest absolute Gasteiger partial charge is 0.457 e. The van der Waals surface area contributed by atoms with E-state index in [9.17, 15) is 14.9 Å². The predicted molar refractivity (Wildman–Crippen MR) is 78.4 cm³/mol. The normalized spacial score (nSPS) is 10.2. The highest BCUT2D eigenvalue weighted by Gasteiger charge is 2.23. The molecule has 2 rings (SSSR count). The van der Waals surface area contributed by atoms with Crippen LogP contribution < -0.4 is 0 Å². The molecule has 0 aliphatic carbocycles. The molecule has 0 saturated heterocycles. The number of carbonyl (C=O) groups is 1. The van der Waals surface area contributed by atoms with Crippen LogP contribution in [-0.4, -0.2) is 10.9 Å². The summed E-state index contributed by atoms with van der Waals surface area (Å²) in [6.45, 7) is 1.53. The smallest absolute Gasteiger partial charge is 0.345 e. The average molecular weight is 306 g/mol. The van der Waals surface area contributed by atoms with Gasteiger partial charge in [-0.1, -0.05) is 41.9 Å². The Hall–Kier alpha value is -2.40. The molecule has 5 nitrogen and oxygen atoms in total. The van der Waals surface area contributed by atoms with Gasteiger partial charge in [0.25, 0.3) is 5.69 Å². The van der Waals surface area contributed by atoms with Crippen molar-refractivity contribution in [1.29, 1.82) is 0 Å². The molecular formula is C15H12ClNO4. The lowest BCUT2D eigenvalue weighted by Crippen LogP contribution is -2.09. The van der Waals surface area contributed by atoms with Crippen molar-refractivity contribution in [2.24, 2.45) is 0 Å². The summed E-state index contributed by atoms with van der Waals surface area (Å²) in [7, 11) is 0. The van der Waals surface area contributed by atoms with Gasteiger partial charge in [0, 0.05) is 16.1 Å². The van der Waals surface area contributed by atoms with Crippen LogP contribution in [0.25, 0.3) is 0 Å². The van der Waals surface area contributed by atoms with Gasteiger partial charge in [-0.3, -0.25) is 10.1 Å². The minimum atomic E-state index is -0.745. The van der Waals surface area contributed by atoms with Gasteiger partial charge >= 0.3 is 5.97 Å². The molecule has 0 N–H and O–H groups in total. The van der Waals surface area contributed by atoms with Crippen molar-refractivity contribution in [2.75, 3.05) is 0 Å². The van der Waals surface area contributed by atoms with Gasteiger partial charge in [-0.15, -0.1) is 0 Å². The van der Waals surface area contributed by atoms with Gasteiger partial charge in [0.2, 0.25) is 0 Å². The van der Waals surface area contributed by atoms with Crippen LogP contribution in [0.15, 0.2) is 42.5 Å². The average Bonchev–Trinajstić information content (AvgIpc) is 2.45. The van der Waals surface area contributed by atoms with Crippen molar-refractivity contribution >= 4 is 23.3 Å². The molecule has 0 aliphatic heterocycles. The molecule has 0 atom stereocenters. The van der Waals surface area contributed by atoms with Crippen LogP contribution in [0.5, 0.6) is 0 Å². The third kappa shape index (κ3) is 3.38. The first-order valence-electron chi connectivity index (χ1n) is 6.15. The fourth-order valence-electron chi connectivity index (χ4n) is 1.90. The molecule has 0 aromatic heterocycles. The van der Waals surface area contributed by atoms with Gasteiger partial charge in [-0.05, 0) is 19.1 Å². The summed E-state index contributed by atoms with van der Waals surface area (Å²) in [5.74, 6) is -0.745. The number of rotatable bonds is 4. The zero-order chi connectivity index (χ0) is 15.4. The SMILES string of the molecule is Cc1cccc(C(=O)OCc2ccccc2Cl)c1[N+](=O)[O-]. The van der Waals surface area contributed by atoms with E-state index in [0.29, 0.717) is 16.1 Å². The Labute approximate surface area is 126 Å². The van der Waals surface area contributed by atoms with Gasteiger partial charge in [0.15, 0.2) is 0 Å². The van der Waals surface area contributed by atoms with Crippen molar-refractivity contribution in [3.63, 3.8) is 0 Å². The van der Waals surface area contributed by atoms with Crippen LogP contribution in [0, 0.1) is 17.0 Å². The quantitative estimate of drug-likeness (QED) is 0.488. The van der Waals surface area contributed by atoms with Crippen LogP contribution in [-0.2, 0) is 11.3 Å². The Kier molecular flexibility index (Phi) is 4.55. The van der Waals surface area contributed by atoms with Gasteiger partial charge < -0.3 is 4.74 Å². The van der Waals surface area contributed by atoms with Gasteiger partial charge in [0.05, 0.1) is 4.92 Å². The number of para-hydroxylation sites is 1. The second-order valence-electron chi connectivity index (χ2n) is 4.40. The summed E-state index contributed by atoms with van der Waals surface area (Å²) in [5, 5.41) is 11.5. The molecule has 0 amide bonds. The van der Waals surface area contributed by atoms with Crippen LogP contribution in [0.1, 0.15) is 21.5 Å². The topological polar surface area (TPSA) is 69.4 Å². The number of esters is 1. The number of hydrogen-bond donors (Lipinski definition) is 0. The van der Waals surface area contributed by atoms with Gasteiger partial charge in [-0.2, -0.15) is 0 Å². The fraction of sp³-hybridized carbons (Fsp3) is 0.133. The number of nitrogens with zero attached hydrogens (tertiary/aromatic N) is 1. The molecule has 0 fully saturated rings. The fourth-order valence-corrected chi connectivity index (χ4v) is 2.09. The summed E-state index contributed by atoms with van der Waals surface area (Å²) >= 11 is 5.96. The minimum Gasteiger partial charge on any atom is -0.457 e. The Morgan fingerprint density at radius 2 is 1.95 bits per heavy atom. The molecule has 0 heterocycles. The highest BCUT2D eigenvalue weighted by Crippen LogP contribution is 2.24. The summed E-state index contributed by atoms with van der Waals surface area (Å²) in [5.41, 5.74) is 0.753. The zero-order valence-corrected chi connectivity index (χ0v) is 12.0. The molecule has 21 heavy (non-hydrogen) atoms. The molecular weight excluding hydrogens is 294 g/mol. The highest BCUT2D eigenvalue weighted by atomic mass is 35.5. The number of nitro benzene ring substituents is 1.